The van der Waals surface area contributed by atoms with E-state index < -0.39 is 10.0 Å². The predicted molar refractivity (Wildman–Crippen MR) is 84.1 cm³/mol. The number of hydrogen-bond acceptors (Lipinski definition) is 5. The van der Waals surface area contributed by atoms with Crippen molar-refractivity contribution in [1.29, 1.82) is 0 Å². The Morgan fingerprint density at radius 2 is 2.24 bits per heavy atom. The number of anilines is 1. The molecule has 0 amide bonds. The van der Waals surface area contributed by atoms with Crippen LogP contribution < -0.4 is 5.32 Å². The van der Waals surface area contributed by atoms with Gasteiger partial charge in [-0.05, 0) is 31.0 Å². The van der Waals surface area contributed by atoms with Crippen LogP contribution in [-0.4, -0.2) is 31.3 Å². The summed E-state index contributed by atoms with van der Waals surface area (Å²) in [6.45, 7) is 3.07. The second-order valence-corrected chi connectivity index (χ2v) is 8.22. The quantitative estimate of drug-likeness (QED) is 0.937. The van der Waals surface area contributed by atoms with E-state index in [1.165, 1.54) is 21.2 Å². The van der Waals surface area contributed by atoms with E-state index in [1.54, 1.807) is 19.2 Å². The molecule has 3 rings (SSSR count). The molecule has 0 saturated heterocycles. The van der Waals surface area contributed by atoms with Gasteiger partial charge < -0.3 is 5.32 Å². The first kappa shape index (κ1) is 14.5. The molecule has 2 aromatic rings. The average Bonchev–Trinajstić information content (AvgIpc) is 3.06. The Labute approximate surface area is 128 Å². The lowest BCUT2D eigenvalue weighted by atomic mass is 10.2. The Morgan fingerprint density at radius 3 is 2.95 bits per heavy atom. The summed E-state index contributed by atoms with van der Waals surface area (Å²) >= 11 is 1.53. The van der Waals surface area contributed by atoms with Gasteiger partial charge in [0, 0.05) is 24.7 Å². The number of rotatable bonds is 4. The van der Waals surface area contributed by atoms with Crippen molar-refractivity contribution in [2.75, 3.05) is 18.9 Å². The zero-order valence-electron chi connectivity index (χ0n) is 12.0. The summed E-state index contributed by atoms with van der Waals surface area (Å²) in [5, 5.41) is 6.05. The highest BCUT2D eigenvalue weighted by Crippen LogP contribution is 2.27. The summed E-state index contributed by atoms with van der Waals surface area (Å²) in [7, 11) is -1.90. The van der Waals surface area contributed by atoms with Crippen molar-refractivity contribution in [3.05, 3.63) is 39.8 Å². The molecule has 2 heterocycles. The lowest BCUT2D eigenvalue weighted by molar-refractivity contribution is 0.463. The summed E-state index contributed by atoms with van der Waals surface area (Å²) in [5.74, 6) is 0. The lowest BCUT2D eigenvalue weighted by Crippen LogP contribution is -2.26. The molecule has 1 N–H and O–H groups in total. The fraction of sp³-hybridized carbons (Fsp3) is 0.357. The van der Waals surface area contributed by atoms with Gasteiger partial charge in [-0.15, -0.1) is 11.3 Å². The van der Waals surface area contributed by atoms with Crippen LogP contribution in [-0.2, 0) is 23.0 Å². The number of thiazole rings is 1. The zero-order valence-corrected chi connectivity index (χ0v) is 13.6. The molecular formula is C14H17N3O2S2. The van der Waals surface area contributed by atoms with Crippen LogP contribution >= 0.6 is 11.3 Å². The molecule has 0 spiro atoms. The Morgan fingerprint density at radius 1 is 1.43 bits per heavy atom. The van der Waals surface area contributed by atoms with Gasteiger partial charge in [0.1, 0.15) is 0 Å². The first-order chi connectivity index (χ1) is 9.96. The molecule has 1 aromatic heterocycles. The van der Waals surface area contributed by atoms with Crippen LogP contribution in [0.15, 0.2) is 28.5 Å². The Balaban J connectivity index is 1.85. The molecule has 0 radical (unpaired) electrons. The molecule has 0 unspecified atom stereocenters. The number of nitrogens with one attached hydrogen (secondary N) is 1. The Bertz CT molecular complexity index is 768. The summed E-state index contributed by atoms with van der Waals surface area (Å²) in [6, 6.07) is 5.30. The van der Waals surface area contributed by atoms with Crippen molar-refractivity contribution in [2.24, 2.45) is 0 Å². The molecule has 1 aliphatic rings. The maximum atomic E-state index is 12.6. The highest BCUT2D eigenvalue weighted by Gasteiger charge is 2.23. The monoisotopic (exact) mass is 323 g/mol. The number of fused-ring (bicyclic) bond motifs is 1. The van der Waals surface area contributed by atoms with Crippen molar-refractivity contribution < 1.29 is 8.42 Å². The first-order valence-electron chi connectivity index (χ1n) is 6.71. The fourth-order valence-electron chi connectivity index (χ4n) is 2.40. The molecule has 1 aliphatic heterocycles. The number of sulfonamides is 1. The Kier molecular flexibility index (Phi) is 3.73. The molecule has 1 aromatic carbocycles. The normalized spacial score (nSPS) is 14.2. The van der Waals surface area contributed by atoms with E-state index >= 15 is 0 Å². The molecule has 0 fully saturated rings. The van der Waals surface area contributed by atoms with Crippen molar-refractivity contribution >= 4 is 27.0 Å². The SMILES string of the molecule is Cc1nc(CN(C)S(=O)(=O)c2ccc3c(c2)NCC3)cs1. The molecule has 0 saturated carbocycles. The number of benzene rings is 1. The number of nitrogens with zero attached hydrogens (tertiary/aromatic N) is 2. The molecule has 0 aliphatic carbocycles. The number of aromatic nitrogens is 1. The highest BCUT2D eigenvalue weighted by atomic mass is 32.2. The van der Waals surface area contributed by atoms with E-state index in [0.29, 0.717) is 4.90 Å². The second kappa shape index (κ2) is 5.40. The van der Waals surface area contributed by atoms with Gasteiger partial charge in [-0.25, -0.2) is 13.4 Å². The van der Waals surface area contributed by atoms with Crippen molar-refractivity contribution in [2.45, 2.75) is 24.8 Å². The predicted octanol–water partition coefficient (Wildman–Crippen LogP) is 2.24. The number of hydrogen-bond donors (Lipinski definition) is 1. The third kappa shape index (κ3) is 2.81. The Hall–Kier alpha value is -1.44. The van der Waals surface area contributed by atoms with Crippen LogP contribution in [0, 0.1) is 6.92 Å². The molecule has 0 bridgehead atoms. The van der Waals surface area contributed by atoms with Gasteiger partial charge in [-0.2, -0.15) is 4.31 Å². The molecule has 112 valence electrons. The van der Waals surface area contributed by atoms with Crippen LogP contribution in [0.1, 0.15) is 16.3 Å². The summed E-state index contributed by atoms with van der Waals surface area (Å²) < 4.78 is 26.6. The van der Waals surface area contributed by atoms with Crippen LogP contribution in [0.25, 0.3) is 0 Å². The van der Waals surface area contributed by atoms with Crippen LogP contribution in [0.2, 0.25) is 0 Å². The molecule has 7 heteroatoms. The van der Waals surface area contributed by atoms with Crippen molar-refractivity contribution in [3.63, 3.8) is 0 Å². The van der Waals surface area contributed by atoms with E-state index in [1.807, 2.05) is 18.4 Å². The van der Waals surface area contributed by atoms with E-state index in [0.717, 1.165) is 29.4 Å². The molecular weight excluding hydrogens is 306 g/mol. The van der Waals surface area contributed by atoms with Crippen molar-refractivity contribution in [1.82, 2.24) is 9.29 Å². The molecule has 0 atom stereocenters. The third-order valence-electron chi connectivity index (χ3n) is 3.55. The topological polar surface area (TPSA) is 62.3 Å². The van der Waals surface area contributed by atoms with Gasteiger partial charge in [0.15, 0.2) is 0 Å². The smallest absolute Gasteiger partial charge is 0.243 e. The average molecular weight is 323 g/mol. The number of aryl methyl sites for hydroxylation is 1. The summed E-state index contributed by atoms with van der Waals surface area (Å²) in [6.07, 6.45) is 0.948. The fourth-order valence-corrected chi connectivity index (χ4v) is 4.18. The van der Waals surface area contributed by atoms with E-state index in [2.05, 4.69) is 10.3 Å². The second-order valence-electron chi connectivity index (χ2n) is 5.11. The van der Waals surface area contributed by atoms with Gasteiger partial charge in [0.05, 0.1) is 22.1 Å². The van der Waals surface area contributed by atoms with Gasteiger partial charge in [0.2, 0.25) is 10.0 Å². The van der Waals surface area contributed by atoms with Gasteiger partial charge >= 0.3 is 0 Å². The summed E-state index contributed by atoms with van der Waals surface area (Å²) in [5.41, 5.74) is 2.88. The largest absolute Gasteiger partial charge is 0.384 e. The maximum Gasteiger partial charge on any atom is 0.243 e. The van der Waals surface area contributed by atoms with Crippen LogP contribution in [0.4, 0.5) is 5.69 Å². The lowest BCUT2D eigenvalue weighted by Gasteiger charge is -2.16. The highest BCUT2D eigenvalue weighted by molar-refractivity contribution is 7.89. The van der Waals surface area contributed by atoms with E-state index in [4.69, 9.17) is 0 Å². The van der Waals surface area contributed by atoms with Crippen molar-refractivity contribution in [3.8, 4) is 0 Å². The minimum atomic E-state index is -3.49. The minimum absolute atomic E-state index is 0.289. The first-order valence-corrected chi connectivity index (χ1v) is 9.03. The van der Waals surface area contributed by atoms with Gasteiger partial charge in [0.25, 0.3) is 0 Å². The summed E-state index contributed by atoms with van der Waals surface area (Å²) in [4.78, 5) is 4.64. The minimum Gasteiger partial charge on any atom is -0.384 e. The third-order valence-corrected chi connectivity index (χ3v) is 6.17. The maximum absolute atomic E-state index is 12.6. The van der Waals surface area contributed by atoms with E-state index in [9.17, 15) is 8.42 Å². The molecule has 5 nitrogen and oxygen atoms in total. The van der Waals surface area contributed by atoms with E-state index in [-0.39, 0.29) is 6.54 Å². The standard InChI is InChI=1S/C14H17N3O2S2/c1-10-16-12(9-20-10)8-17(2)21(18,19)13-4-3-11-5-6-15-14(11)7-13/h3-4,7,9,15H,5-6,8H2,1-2H3. The van der Waals surface area contributed by atoms with Gasteiger partial charge in [-0.1, -0.05) is 6.07 Å². The zero-order chi connectivity index (χ0) is 15.0. The van der Waals surface area contributed by atoms with Crippen LogP contribution in [0.5, 0.6) is 0 Å². The molecule has 21 heavy (non-hydrogen) atoms. The van der Waals surface area contributed by atoms with Crippen LogP contribution in [0.3, 0.4) is 0 Å². The van der Waals surface area contributed by atoms with Gasteiger partial charge in [-0.3, -0.25) is 0 Å².